The molecular formula is C28H28N4O4. The highest BCUT2D eigenvalue weighted by Gasteiger charge is 2.32. The molecule has 4 rings (SSSR count). The summed E-state index contributed by atoms with van der Waals surface area (Å²) in [6.45, 7) is 1.68. The molecule has 184 valence electrons. The Bertz CT molecular complexity index is 1360. The lowest BCUT2D eigenvalue weighted by Gasteiger charge is -2.27. The number of likely N-dealkylation sites (N-methyl/N-ethyl adjacent to an activating group) is 1. The number of nitrogens with one attached hydrogen (secondary N) is 2. The van der Waals surface area contributed by atoms with Crippen LogP contribution in [0.15, 0.2) is 72.8 Å². The van der Waals surface area contributed by atoms with Crippen LogP contribution in [0.4, 0.5) is 11.4 Å². The predicted molar refractivity (Wildman–Crippen MR) is 140 cm³/mol. The molecular weight excluding hydrogens is 456 g/mol. The minimum Gasteiger partial charge on any atom is -0.465 e. The molecule has 1 heterocycles. The van der Waals surface area contributed by atoms with E-state index in [1.807, 2.05) is 42.5 Å². The number of benzene rings is 3. The summed E-state index contributed by atoms with van der Waals surface area (Å²) in [5.41, 5.74) is 9.94. The van der Waals surface area contributed by atoms with Crippen molar-refractivity contribution in [2.24, 2.45) is 5.73 Å². The molecule has 1 aliphatic heterocycles. The highest BCUT2D eigenvalue weighted by molar-refractivity contribution is 6.37. The van der Waals surface area contributed by atoms with E-state index in [0.717, 1.165) is 5.56 Å². The zero-order chi connectivity index (χ0) is 26.0. The van der Waals surface area contributed by atoms with Crippen LogP contribution in [-0.2, 0) is 19.9 Å². The predicted octanol–water partition coefficient (Wildman–Crippen LogP) is 3.67. The lowest BCUT2D eigenvalue weighted by Crippen LogP contribution is -2.48. The van der Waals surface area contributed by atoms with E-state index in [1.165, 1.54) is 12.0 Å². The number of esters is 1. The monoisotopic (exact) mass is 484 g/mol. The zero-order valence-corrected chi connectivity index (χ0v) is 20.6. The number of nitrogens with zero attached hydrogens (tertiary/aromatic N) is 1. The van der Waals surface area contributed by atoms with Gasteiger partial charge < -0.3 is 26.0 Å². The second-order valence-corrected chi connectivity index (χ2v) is 8.93. The van der Waals surface area contributed by atoms with Crippen LogP contribution < -0.4 is 16.4 Å². The van der Waals surface area contributed by atoms with Gasteiger partial charge in [0, 0.05) is 25.3 Å². The number of rotatable bonds is 6. The van der Waals surface area contributed by atoms with Gasteiger partial charge in [-0.3, -0.25) is 9.59 Å². The van der Waals surface area contributed by atoms with Gasteiger partial charge in [-0.15, -0.1) is 0 Å². The average molecular weight is 485 g/mol. The van der Waals surface area contributed by atoms with Gasteiger partial charge in [-0.2, -0.15) is 0 Å². The number of carbonyl (C=O) groups is 3. The largest absolute Gasteiger partial charge is 0.465 e. The van der Waals surface area contributed by atoms with E-state index in [1.54, 1.807) is 51.4 Å². The van der Waals surface area contributed by atoms with Gasteiger partial charge in [0.05, 0.1) is 29.6 Å². The molecule has 1 aliphatic rings. The number of nitrogens with two attached hydrogens (primary N) is 1. The fraction of sp³-hybridized carbons (Fsp3) is 0.179. The van der Waals surface area contributed by atoms with E-state index in [0.29, 0.717) is 39.3 Å². The SMILES string of the molecule is COC(=O)c1ccc2c(c1)NC(=O)C2=C(Nc1ccc(C(C)(N)C(=O)N(C)C)cc1)c1ccccc1. The smallest absolute Gasteiger partial charge is 0.337 e. The minimum atomic E-state index is -1.18. The van der Waals surface area contributed by atoms with Crippen LogP contribution in [-0.4, -0.2) is 43.9 Å². The summed E-state index contributed by atoms with van der Waals surface area (Å²) in [4.78, 5) is 39.1. The molecule has 0 radical (unpaired) electrons. The van der Waals surface area contributed by atoms with E-state index in [-0.39, 0.29) is 11.8 Å². The van der Waals surface area contributed by atoms with E-state index >= 15 is 0 Å². The summed E-state index contributed by atoms with van der Waals surface area (Å²) < 4.78 is 4.80. The summed E-state index contributed by atoms with van der Waals surface area (Å²) in [5.74, 6) is -0.979. The lowest BCUT2D eigenvalue weighted by atomic mass is 9.91. The summed E-state index contributed by atoms with van der Waals surface area (Å²) >= 11 is 0. The second kappa shape index (κ2) is 9.67. The van der Waals surface area contributed by atoms with Gasteiger partial charge in [-0.25, -0.2) is 4.79 Å². The van der Waals surface area contributed by atoms with E-state index < -0.39 is 11.5 Å². The Morgan fingerprint density at radius 1 is 0.972 bits per heavy atom. The Morgan fingerprint density at radius 2 is 1.64 bits per heavy atom. The standard InChI is InChI=1S/C28H28N4O4/c1-28(29,27(35)32(2)3)19-11-13-20(14-12-19)30-24(17-8-6-5-7-9-17)23-21-15-10-18(26(34)36-4)16-22(21)31-25(23)33/h5-16,30H,29H2,1-4H3,(H,31,33). The Morgan fingerprint density at radius 3 is 2.25 bits per heavy atom. The molecule has 3 aromatic rings. The van der Waals surface area contributed by atoms with Gasteiger partial charge in [0.1, 0.15) is 5.54 Å². The van der Waals surface area contributed by atoms with Gasteiger partial charge in [0.2, 0.25) is 5.91 Å². The molecule has 2 amide bonds. The summed E-state index contributed by atoms with van der Waals surface area (Å²) in [5, 5.41) is 6.23. The molecule has 0 bridgehead atoms. The topological polar surface area (TPSA) is 114 Å². The first-order chi connectivity index (χ1) is 17.1. The number of carbonyl (C=O) groups excluding carboxylic acids is 3. The molecule has 0 saturated heterocycles. The molecule has 1 unspecified atom stereocenters. The van der Waals surface area contributed by atoms with Crippen molar-refractivity contribution < 1.29 is 19.1 Å². The summed E-state index contributed by atoms with van der Waals surface area (Å²) in [7, 11) is 4.65. The molecule has 0 aliphatic carbocycles. The summed E-state index contributed by atoms with van der Waals surface area (Å²) in [6.07, 6.45) is 0. The molecule has 1 atom stereocenters. The van der Waals surface area contributed by atoms with Gasteiger partial charge in [-0.05, 0) is 42.3 Å². The fourth-order valence-electron chi connectivity index (χ4n) is 4.18. The first kappa shape index (κ1) is 24.7. The lowest BCUT2D eigenvalue weighted by molar-refractivity contribution is -0.134. The van der Waals surface area contributed by atoms with E-state index in [4.69, 9.17) is 10.5 Å². The van der Waals surface area contributed by atoms with Crippen LogP contribution in [0.25, 0.3) is 11.3 Å². The van der Waals surface area contributed by atoms with Crippen LogP contribution in [0.5, 0.6) is 0 Å². The third-order valence-electron chi connectivity index (χ3n) is 6.10. The second-order valence-electron chi connectivity index (χ2n) is 8.93. The third-order valence-corrected chi connectivity index (χ3v) is 6.10. The van der Waals surface area contributed by atoms with Crippen LogP contribution in [0, 0.1) is 0 Å². The van der Waals surface area contributed by atoms with Crippen molar-refractivity contribution >= 4 is 40.4 Å². The Kier molecular flexibility index (Phi) is 6.63. The maximum Gasteiger partial charge on any atom is 0.337 e. The first-order valence-electron chi connectivity index (χ1n) is 11.4. The number of ether oxygens (including phenoxy) is 1. The quantitative estimate of drug-likeness (QED) is 0.363. The van der Waals surface area contributed by atoms with Crippen molar-refractivity contribution in [3.63, 3.8) is 0 Å². The zero-order valence-electron chi connectivity index (χ0n) is 20.6. The number of hydrogen-bond acceptors (Lipinski definition) is 6. The molecule has 0 spiro atoms. The van der Waals surface area contributed by atoms with Crippen LogP contribution >= 0.6 is 0 Å². The fourth-order valence-corrected chi connectivity index (χ4v) is 4.18. The number of hydrogen-bond donors (Lipinski definition) is 3. The van der Waals surface area contributed by atoms with Crippen molar-refractivity contribution in [3.8, 4) is 0 Å². The molecule has 8 nitrogen and oxygen atoms in total. The van der Waals surface area contributed by atoms with E-state index in [9.17, 15) is 14.4 Å². The Labute approximate surface area is 209 Å². The molecule has 0 aromatic heterocycles. The van der Waals surface area contributed by atoms with Gasteiger partial charge in [0.25, 0.3) is 5.91 Å². The molecule has 0 fully saturated rings. The number of methoxy groups -OCH3 is 1. The van der Waals surface area contributed by atoms with Crippen LogP contribution in [0.2, 0.25) is 0 Å². The Balaban J connectivity index is 1.76. The van der Waals surface area contributed by atoms with Gasteiger partial charge in [0.15, 0.2) is 0 Å². The first-order valence-corrected chi connectivity index (χ1v) is 11.4. The average Bonchev–Trinajstić information content (AvgIpc) is 3.21. The van der Waals surface area contributed by atoms with Crippen molar-refractivity contribution in [2.45, 2.75) is 12.5 Å². The van der Waals surface area contributed by atoms with Gasteiger partial charge >= 0.3 is 5.97 Å². The summed E-state index contributed by atoms with van der Waals surface area (Å²) in [6, 6.07) is 21.7. The molecule has 36 heavy (non-hydrogen) atoms. The van der Waals surface area contributed by atoms with Crippen molar-refractivity contribution in [3.05, 3.63) is 95.1 Å². The number of anilines is 2. The van der Waals surface area contributed by atoms with Crippen molar-refractivity contribution in [1.82, 2.24) is 4.90 Å². The van der Waals surface area contributed by atoms with E-state index in [2.05, 4.69) is 10.6 Å². The maximum absolute atomic E-state index is 13.1. The molecule has 8 heteroatoms. The molecule has 4 N–H and O–H groups in total. The normalized spacial score (nSPS) is 15.3. The molecule has 3 aromatic carbocycles. The van der Waals surface area contributed by atoms with Gasteiger partial charge in [-0.1, -0.05) is 48.5 Å². The van der Waals surface area contributed by atoms with Crippen LogP contribution in [0.3, 0.4) is 0 Å². The molecule has 0 saturated carbocycles. The maximum atomic E-state index is 13.1. The minimum absolute atomic E-state index is 0.208. The van der Waals surface area contributed by atoms with Crippen molar-refractivity contribution in [1.29, 1.82) is 0 Å². The van der Waals surface area contributed by atoms with Crippen molar-refractivity contribution in [2.75, 3.05) is 31.8 Å². The highest BCUT2D eigenvalue weighted by atomic mass is 16.5. The Hall–Kier alpha value is -4.43. The highest BCUT2D eigenvalue weighted by Crippen LogP contribution is 2.38. The number of fused-ring (bicyclic) bond motifs is 1. The van der Waals surface area contributed by atoms with Crippen LogP contribution in [0.1, 0.15) is 34.0 Å². The number of amides is 2. The third kappa shape index (κ3) is 4.58.